The molecule has 0 amide bonds. The van der Waals surface area contributed by atoms with Gasteiger partial charge >= 0.3 is 0 Å². The standard InChI is InChI=1S/C9H6F2N2O2S/c10-9(11)16-8-4-12-7-2-1-5(13(14)15)3-6(7)8/h1-4,9,12H. The van der Waals surface area contributed by atoms with Gasteiger partial charge in [0.05, 0.1) is 4.92 Å². The third-order valence-corrected chi connectivity index (χ3v) is 2.82. The van der Waals surface area contributed by atoms with Gasteiger partial charge in [-0.05, 0) is 6.07 Å². The SMILES string of the molecule is O=[N+]([O-])c1ccc2[nH]cc(SC(F)F)c2c1. The average molecular weight is 244 g/mol. The molecule has 0 aliphatic carbocycles. The van der Waals surface area contributed by atoms with Crippen molar-refractivity contribution in [1.29, 1.82) is 0 Å². The highest BCUT2D eigenvalue weighted by Gasteiger charge is 2.13. The molecule has 84 valence electrons. The summed E-state index contributed by atoms with van der Waals surface area (Å²) >= 11 is 0.368. The summed E-state index contributed by atoms with van der Waals surface area (Å²) in [6, 6.07) is 4.12. The molecule has 0 atom stereocenters. The number of fused-ring (bicyclic) bond motifs is 1. The van der Waals surface area contributed by atoms with E-state index < -0.39 is 10.7 Å². The van der Waals surface area contributed by atoms with E-state index in [1.54, 1.807) is 0 Å². The van der Waals surface area contributed by atoms with Crippen molar-refractivity contribution in [3.05, 3.63) is 34.5 Å². The summed E-state index contributed by atoms with van der Waals surface area (Å²) in [5, 5.41) is 11.0. The molecule has 1 aromatic carbocycles. The van der Waals surface area contributed by atoms with Crippen LogP contribution in [0.2, 0.25) is 0 Å². The number of nitro benzene ring substituents is 1. The number of rotatable bonds is 3. The van der Waals surface area contributed by atoms with Gasteiger partial charge in [-0.1, -0.05) is 11.8 Å². The topological polar surface area (TPSA) is 58.9 Å². The van der Waals surface area contributed by atoms with Gasteiger partial charge in [-0.2, -0.15) is 8.78 Å². The molecule has 1 heterocycles. The van der Waals surface area contributed by atoms with Crippen molar-refractivity contribution >= 4 is 28.4 Å². The van der Waals surface area contributed by atoms with E-state index >= 15 is 0 Å². The first kappa shape index (κ1) is 10.9. The van der Waals surface area contributed by atoms with Crippen molar-refractivity contribution in [2.45, 2.75) is 10.7 Å². The van der Waals surface area contributed by atoms with Crippen LogP contribution in [0.5, 0.6) is 0 Å². The maximum Gasteiger partial charge on any atom is 0.288 e. The van der Waals surface area contributed by atoms with Gasteiger partial charge in [0.1, 0.15) is 0 Å². The molecule has 0 saturated carbocycles. The number of aromatic nitrogens is 1. The van der Waals surface area contributed by atoms with Gasteiger partial charge in [-0.25, -0.2) is 0 Å². The number of aromatic amines is 1. The summed E-state index contributed by atoms with van der Waals surface area (Å²) in [7, 11) is 0. The van der Waals surface area contributed by atoms with Gasteiger partial charge in [-0.3, -0.25) is 10.1 Å². The predicted molar refractivity (Wildman–Crippen MR) is 56.8 cm³/mol. The minimum Gasteiger partial charge on any atom is -0.360 e. The lowest BCUT2D eigenvalue weighted by molar-refractivity contribution is -0.384. The third kappa shape index (κ3) is 1.99. The molecule has 0 spiro atoms. The molecule has 1 N–H and O–H groups in total. The van der Waals surface area contributed by atoms with Crippen LogP contribution in [0, 0.1) is 10.1 Å². The average Bonchev–Trinajstić information content (AvgIpc) is 2.60. The Morgan fingerprint density at radius 1 is 1.44 bits per heavy atom. The van der Waals surface area contributed by atoms with E-state index in [1.807, 2.05) is 0 Å². The smallest absolute Gasteiger partial charge is 0.288 e. The number of H-pyrrole nitrogens is 1. The van der Waals surface area contributed by atoms with Gasteiger partial charge in [0, 0.05) is 34.1 Å². The first-order valence-corrected chi connectivity index (χ1v) is 5.16. The van der Waals surface area contributed by atoms with Crippen LogP contribution in [-0.4, -0.2) is 15.7 Å². The van der Waals surface area contributed by atoms with Gasteiger partial charge in [0.15, 0.2) is 0 Å². The number of hydrogen-bond acceptors (Lipinski definition) is 3. The summed E-state index contributed by atoms with van der Waals surface area (Å²) in [6.07, 6.45) is 1.42. The van der Waals surface area contributed by atoms with Gasteiger partial charge in [0.2, 0.25) is 0 Å². The highest BCUT2D eigenvalue weighted by Crippen LogP contribution is 2.33. The maximum atomic E-state index is 12.2. The van der Waals surface area contributed by atoms with Crippen LogP contribution >= 0.6 is 11.8 Å². The fourth-order valence-corrected chi connectivity index (χ4v) is 2.00. The molecule has 0 bridgehead atoms. The fraction of sp³-hybridized carbons (Fsp3) is 0.111. The minimum atomic E-state index is -2.54. The van der Waals surface area contributed by atoms with Crippen LogP contribution in [0.4, 0.5) is 14.5 Å². The van der Waals surface area contributed by atoms with Gasteiger partial charge in [0.25, 0.3) is 11.4 Å². The molecule has 0 aliphatic rings. The predicted octanol–water partition coefficient (Wildman–Crippen LogP) is 3.39. The summed E-state index contributed by atoms with van der Waals surface area (Å²) in [5.41, 5.74) is 0.497. The van der Waals surface area contributed by atoms with E-state index in [4.69, 9.17) is 0 Å². The van der Waals surface area contributed by atoms with Crippen LogP contribution < -0.4 is 0 Å². The lowest BCUT2D eigenvalue weighted by Crippen LogP contribution is -1.87. The number of alkyl halides is 2. The van der Waals surface area contributed by atoms with Crippen LogP contribution in [0.1, 0.15) is 0 Å². The summed E-state index contributed by atoms with van der Waals surface area (Å²) in [6.45, 7) is 0. The molecule has 16 heavy (non-hydrogen) atoms. The summed E-state index contributed by atoms with van der Waals surface area (Å²) < 4.78 is 24.4. The first-order chi connectivity index (χ1) is 7.58. The number of nitro groups is 1. The van der Waals surface area contributed by atoms with Crippen molar-refractivity contribution in [3.63, 3.8) is 0 Å². The molecule has 4 nitrogen and oxygen atoms in total. The van der Waals surface area contributed by atoms with Crippen LogP contribution in [0.15, 0.2) is 29.3 Å². The van der Waals surface area contributed by atoms with Crippen molar-refractivity contribution in [2.75, 3.05) is 0 Å². The Hall–Kier alpha value is -1.63. The van der Waals surface area contributed by atoms with Crippen LogP contribution in [0.3, 0.4) is 0 Å². The van der Waals surface area contributed by atoms with E-state index in [-0.39, 0.29) is 5.69 Å². The number of nitrogens with zero attached hydrogens (tertiary/aromatic N) is 1. The normalized spacial score (nSPS) is 11.2. The molecule has 0 aliphatic heterocycles. The Morgan fingerprint density at radius 2 is 2.19 bits per heavy atom. The second-order valence-electron chi connectivity index (χ2n) is 3.02. The third-order valence-electron chi connectivity index (χ3n) is 2.05. The molecule has 0 radical (unpaired) electrons. The molecular formula is C9H6F2N2O2S. The van der Waals surface area contributed by atoms with Crippen molar-refractivity contribution in [2.24, 2.45) is 0 Å². The molecule has 0 saturated heterocycles. The van der Waals surface area contributed by atoms with Crippen LogP contribution in [0.25, 0.3) is 10.9 Å². The Balaban J connectivity index is 2.51. The fourth-order valence-electron chi connectivity index (χ4n) is 1.39. The van der Waals surface area contributed by atoms with E-state index in [1.165, 1.54) is 24.4 Å². The number of halogens is 2. The van der Waals surface area contributed by atoms with Crippen molar-refractivity contribution < 1.29 is 13.7 Å². The molecule has 2 rings (SSSR count). The lowest BCUT2D eigenvalue weighted by atomic mass is 10.2. The van der Waals surface area contributed by atoms with Crippen molar-refractivity contribution in [1.82, 2.24) is 4.98 Å². The zero-order chi connectivity index (χ0) is 11.7. The zero-order valence-corrected chi connectivity index (χ0v) is 8.63. The number of benzene rings is 1. The molecular weight excluding hydrogens is 238 g/mol. The van der Waals surface area contributed by atoms with E-state index in [0.717, 1.165) is 0 Å². The van der Waals surface area contributed by atoms with Crippen LogP contribution in [-0.2, 0) is 0 Å². The number of hydrogen-bond donors (Lipinski definition) is 1. The van der Waals surface area contributed by atoms with Crippen molar-refractivity contribution in [3.8, 4) is 0 Å². The Bertz CT molecular complexity index is 541. The first-order valence-electron chi connectivity index (χ1n) is 4.28. The number of thioether (sulfide) groups is 1. The highest BCUT2D eigenvalue weighted by molar-refractivity contribution is 7.99. The summed E-state index contributed by atoms with van der Waals surface area (Å²) in [5.74, 6) is -2.54. The Kier molecular flexibility index (Phi) is 2.78. The second-order valence-corrected chi connectivity index (χ2v) is 4.05. The largest absolute Gasteiger partial charge is 0.360 e. The number of non-ortho nitro benzene ring substituents is 1. The molecule has 0 fully saturated rings. The maximum absolute atomic E-state index is 12.2. The Morgan fingerprint density at radius 3 is 2.81 bits per heavy atom. The second kappa shape index (κ2) is 4.09. The quantitative estimate of drug-likeness (QED) is 0.511. The van der Waals surface area contributed by atoms with E-state index in [2.05, 4.69) is 4.98 Å². The number of nitrogens with one attached hydrogen (secondary N) is 1. The monoisotopic (exact) mass is 244 g/mol. The molecule has 2 aromatic rings. The summed E-state index contributed by atoms with van der Waals surface area (Å²) in [4.78, 5) is 13.1. The molecule has 1 aromatic heterocycles. The zero-order valence-electron chi connectivity index (χ0n) is 7.81. The lowest BCUT2D eigenvalue weighted by Gasteiger charge is -1.97. The van der Waals surface area contributed by atoms with Gasteiger partial charge < -0.3 is 4.98 Å². The minimum absolute atomic E-state index is 0.108. The molecule has 0 unspecified atom stereocenters. The molecule has 7 heteroatoms. The highest BCUT2D eigenvalue weighted by atomic mass is 32.2. The Labute approximate surface area is 92.8 Å². The van der Waals surface area contributed by atoms with E-state index in [9.17, 15) is 18.9 Å². The van der Waals surface area contributed by atoms with Gasteiger partial charge in [-0.15, -0.1) is 0 Å². The van der Waals surface area contributed by atoms with E-state index in [0.29, 0.717) is 27.6 Å².